The van der Waals surface area contributed by atoms with Crippen LogP contribution >= 0.6 is 0 Å². The maximum Gasteiger partial charge on any atom is 0.228 e. The number of hydrogen-bond acceptors (Lipinski definition) is 2. The highest BCUT2D eigenvalue weighted by Gasteiger charge is 2.13. The Balaban J connectivity index is 1.84. The SMILES string of the molecule is Cc1cc(C)c2c(CC(=O)Nc3ccccc3C)coc2c1. The molecule has 1 amide bonds. The van der Waals surface area contributed by atoms with Crippen molar-refractivity contribution >= 4 is 22.6 Å². The van der Waals surface area contributed by atoms with E-state index < -0.39 is 0 Å². The third kappa shape index (κ3) is 2.75. The first kappa shape index (κ1) is 14.4. The molecule has 0 aliphatic heterocycles. The normalized spacial score (nSPS) is 10.9. The van der Waals surface area contributed by atoms with Gasteiger partial charge in [-0.3, -0.25) is 4.79 Å². The van der Waals surface area contributed by atoms with Gasteiger partial charge in [0.2, 0.25) is 5.91 Å². The summed E-state index contributed by atoms with van der Waals surface area (Å²) in [4.78, 5) is 12.3. The molecule has 2 aromatic carbocycles. The zero-order valence-electron chi connectivity index (χ0n) is 13.1. The number of rotatable bonds is 3. The Kier molecular flexibility index (Phi) is 3.72. The first-order valence-electron chi connectivity index (χ1n) is 7.37. The molecule has 0 saturated heterocycles. The molecule has 0 spiro atoms. The van der Waals surface area contributed by atoms with Crippen LogP contribution in [0.1, 0.15) is 22.3 Å². The molecule has 3 heteroatoms. The number of aryl methyl sites for hydroxylation is 3. The van der Waals surface area contributed by atoms with Crippen molar-refractivity contribution in [2.24, 2.45) is 0 Å². The van der Waals surface area contributed by atoms with Gasteiger partial charge in [-0.25, -0.2) is 0 Å². The van der Waals surface area contributed by atoms with Crippen molar-refractivity contribution in [3.8, 4) is 0 Å². The molecule has 1 aromatic heterocycles. The second kappa shape index (κ2) is 5.68. The van der Waals surface area contributed by atoms with Crippen molar-refractivity contribution < 1.29 is 9.21 Å². The molecule has 1 heterocycles. The number of para-hydroxylation sites is 1. The minimum atomic E-state index is -0.0306. The minimum Gasteiger partial charge on any atom is -0.464 e. The van der Waals surface area contributed by atoms with Crippen LogP contribution in [0.4, 0.5) is 5.69 Å². The van der Waals surface area contributed by atoms with Crippen LogP contribution in [0, 0.1) is 20.8 Å². The summed E-state index contributed by atoms with van der Waals surface area (Å²) >= 11 is 0. The van der Waals surface area contributed by atoms with Crippen LogP contribution in [0.25, 0.3) is 11.0 Å². The number of amides is 1. The van der Waals surface area contributed by atoms with Crippen molar-refractivity contribution in [1.82, 2.24) is 0 Å². The number of fused-ring (bicyclic) bond motifs is 1. The Morgan fingerprint density at radius 3 is 2.64 bits per heavy atom. The number of nitrogens with one attached hydrogen (secondary N) is 1. The van der Waals surface area contributed by atoms with Crippen molar-refractivity contribution in [3.63, 3.8) is 0 Å². The van der Waals surface area contributed by atoms with Crippen molar-refractivity contribution in [3.05, 3.63) is 64.9 Å². The average Bonchev–Trinajstić information content (AvgIpc) is 2.84. The molecule has 0 bridgehead atoms. The molecular formula is C19H19NO2. The van der Waals surface area contributed by atoms with E-state index in [1.54, 1.807) is 6.26 Å². The highest BCUT2D eigenvalue weighted by atomic mass is 16.3. The van der Waals surface area contributed by atoms with Gasteiger partial charge >= 0.3 is 0 Å². The van der Waals surface area contributed by atoms with Gasteiger partial charge in [0.05, 0.1) is 12.7 Å². The number of anilines is 1. The van der Waals surface area contributed by atoms with Gasteiger partial charge in [-0.2, -0.15) is 0 Å². The number of hydrogen-bond donors (Lipinski definition) is 1. The standard InChI is InChI=1S/C19H19NO2/c1-12-8-14(3)19-15(11-22-17(19)9-12)10-18(21)20-16-7-5-4-6-13(16)2/h4-9,11H,10H2,1-3H3,(H,20,21). The van der Waals surface area contributed by atoms with Crippen LogP contribution < -0.4 is 5.32 Å². The van der Waals surface area contributed by atoms with E-state index in [4.69, 9.17) is 4.42 Å². The quantitative estimate of drug-likeness (QED) is 0.770. The lowest BCUT2D eigenvalue weighted by Crippen LogP contribution is -2.15. The van der Waals surface area contributed by atoms with Gasteiger partial charge in [0, 0.05) is 16.6 Å². The molecule has 3 rings (SSSR count). The summed E-state index contributed by atoms with van der Waals surface area (Å²) in [6, 6.07) is 11.9. The molecule has 1 N–H and O–H groups in total. The van der Waals surface area contributed by atoms with Gasteiger partial charge in [-0.05, 0) is 49.6 Å². The fourth-order valence-electron chi connectivity index (χ4n) is 2.84. The van der Waals surface area contributed by atoms with Crippen molar-refractivity contribution in [2.45, 2.75) is 27.2 Å². The fourth-order valence-corrected chi connectivity index (χ4v) is 2.84. The summed E-state index contributed by atoms with van der Waals surface area (Å²) < 4.78 is 5.61. The van der Waals surface area contributed by atoms with E-state index in [1.165, 1.54) is 0 Å². The zero-order valence-corrected chi connectivity index (χ0v) is 13.1. The predicted molar refractivity (Wildman–Crippen MR) is 89.2 cm³/mol. The van der Waals surface area contributed by atoms with E-state index in [0.29, 0.717) is 6.42 Å². The molecule has 0 unspecified atom stereocenters. The molecule has 22 heavy (non-hydrogen) atoms. The Hall–Kier alpha value is -2.55. The summed E-state index contributed by atoms with van der Waals surface area (Å²) in [6.07, 6.45) is 2.00. The number of carbonyl (C=O) groups is 1. The third-order valence-corrected chi connectivity index (χ3v) is 3.86. The molecule has 0 fully saturated rings. The number of benzene rings is 2. The van der Waals surface area contributed by atoms with Gasteiger partial charge in [-0.15, -0.1) is 0 Å². The topological polar surface area (TPSA) is 42.2 Å². The Labute approximate surface area is 130 Å². The van der Waals surface area contributed by atoms with E-state index in [-0.39, 0.29) is 5.91 Å². The number of carbonyl (C=O) groups excluding carboxylic acids is 1. The zero-order chi connectivity index (χ0) is 15.7. The van der Waals surface area contributed by atoms with Gasteiger partial charge in [0.25, 0.3) is 0 Å². The van der Waals surface area contributed by atoms with Crippen LogP contribution in [0.3, 0.4) is 0 Å². The van der Waals surface area contributed by atoms with Crippen molar-refractivity contribution in [2.75, 3.05) is 5.32 Å². The first-order valence-corrected chi connectivity index (χ1v) is 7.37. The smallest absolute Gasteiger partial charge is 0.228 e. The third-order valence-electron chi connectivity index (χ3n) is 3.86. The van der Waals surface area contributed by atoms with Crippen molar-refractivity contribution in [1.29, 1.82) is 0 Å². The van der Waals surface area contributed by atoms with E-state index in [9.17, 15) is 4.79 Å². The number of furan rings is 1. The molecule has 0 aliphatic carbocycles. The lowest BCUT2D eigenvalue weighted by Gasteiger charge is -2.08. The Bertz CT molecular complexity index is 846. The van der Waals surface area contributed by atoms with Gasteiger partial charge < -0.3 is 9.73 Å². The lowest BCUT2D eigenvalue weighted by molar-refractivity contribution is -0.115. The van der Waals surface area contributed by atoms with Gasteiger partial charge in [0.15, 0.2) is 0 Å². The maximum atomic E-state index is 12.3. The average molecular weight is 293 g/mol. The highest BCUT2D eigenvalue weighted by molar-refractivity contribution is 5.96. The Morgan fingerprint density at radius 2 is 1.86 bits per heavy atom. The lowest BCUT2D eigenvalue weighted by atomic mass is 10.0. The van der Waals surface area contributed by atoms with E-state index in [0.717, 1.165) is 38.9 Å². The fraction of sp³-hybridized carbons (Fsp3) is 0.211. The molecule has 0 saturated carbocycles. The largest absolute Gasteiger partial charge is 0.464 e. The summed E-state index contributed by atoms with van der Waals surface area (Å²) in [5.41, 5.74) is 5.99. The molecule has 0 atom stereocenters. The highest BCUT2D eigenvalue weighted by Crippen LogP contribution is 2.27. The first-order chi connectivity index (χ1) is 10.5. The molecular weight excluding hydrogens is 274 g/mol. The summed E-state index contributed by atoms with van der Waals surface area (Å²) in [6.45, 7) is 6.07. The van der Waals surface area contributed by atoms with Crippen LogP contribution in [0.2, 0.25) is 0 Å². The predicted octanol–water partition coefficient (Wildman–Crippen LogP) is 4.54. The van der Waals surface area contributed by atoms with Gasteiger partial charge in [0.1, 0.15) is 5.58 Å². The second-order valence-electron chi connectivity index (χ2n) is 5.76. The van der Waals surface area contributed by atoms with Crippen LogP contribution in [0.5, 0.6) is 0 Å². The Morgan fingerprint density at radius 1 is 1.09 bits per heavy atom. The van der Waals surface area contributed by atoms with E-state index >= 15 is 0 Å². The van der Waals surface area contributed by atoms with Crippen LogP contribution in [0.15, 0.2) is 47.1 Å². The monoisotopic (exact) mass is 293 g/mol. The minimum absolute atomic E-state index is 0.0306. The van der Waals surface area contributed by atoms with E-state index in [2.05, 4.69) is 11.4 Å². The molecule has 3 aromatic rings. The van der Waals surface area contributed by atoms with Gasteiger partial charge in [-0.1, -0.05) is 24.3 Å². The second-order valence-corrected chi connectivity index (χ2v) is 5.76. The van der Waals surface area contributed by atoms with E-state index in [1.807, 2.05) is 51.1 Å². The molecule has 0 aliphatic rings. The molecule has 112 valence electrons. The molecule has 3 nitrogen and oxygen atoms in total. The maximum absolute atomic E-state index is 12.3. The summed E-state index contributed by atoms with van der Waals surface area (Å²) in [5.74, 6) is -0.0306. The summed E-state index contributed by atoms with van der Waals surface area (Å²) in [7, 11) is 0. The summed E-state index contributed by atoms with van der Waals surface area (Å²) in [5, 5.41) is 4.01. The van der Waals surface area contributed by atoms with Crippen LogP contribution in [-0.2, 0) is 11.2 Å². The molecule has 0 radical (unpaired) electrons. The van der Waals surface area contributed by atoms with Crippen LogP contribution in [-0.4, -0.2) is 5.91 Å².